The quantitative estimate of drug-likeness (QED) is 0.598. The third kappa shape index (κ3) is 3.77. The summed E-state index contributed by atoms with van der Waals surface area (Å²) >= 11 is 0. The second-order valence-electron chi connectivity index (χ2n) is 4.68. The van der Waals surface area contributed by atoms with Crippen LogP contribution in [-0.2, 0) is 16.1 Å². The van der Waals surface area contributed by atoms with Gasteiger partial charge in [-0.15, -0.1) is 5.10 Å². The van der Waals surface area contributed by atoms with E-state index in [1.165, 1.54) is 0 Å². The number of hydrogen-bond acceptors (Lipinski definition) is 5. The number of nitrogens with zero attached hydrogens (tertiary/aromatic N) is 3. The Hall–Kier alpha value is -2.45. The number of carboxylic acid groups (broad SMARTS) is 1. The number of aromatic nitrogens is 3. The first-order chi connectivity index (χ1) is 9.45. The van der Waals surface area contributed by atoms with E-state index in [4.69, 9.17) is 5.11 Å². The zero-order chi connectivity index (χ0) is 14.7. The van der Waals surface area contributed by atoms with Crippen LogP contribution in [0.1, 0.15) is 30.3 Å². The van der Waals surface area contributed by atoms with Gasteiger partial charge in [0.25, 0.3) is 0 Å². The summed E-state index contributed by atoms with van der Waals surface area (Å²) in [7, 11) is 0. The molecule has 1 aliphatic rings. The number of nitrogens with one attached hydrogen (secondary N) is 2. The van der Waals surface area contributed by atoms with Crippen LogP contribution < -0.4 is 10.6 Å². The fraction of sp³-hybridized carbons (Fsp3) is 0.545. The highest BCUT2D eigenvalue weighted by atomic mass is 16.4. The van der Waals surface area contributed by atoms with Gasteiger partial charge in [-0.05, 0) is 19.8 Å². The Balaban J connectivity index is 1.81. The van der Waals surface area contributed by atoms with E-state index in [0.29, 0.717) is 0 Å². The standard InChI is InChI=1S/C11H15N5O4/c1-6(10(18)13-7-2-3-7)12-9(17)5-16-4-8(11(19)20)14-15-16/h4,6-7H,2-3,5H2,1H3,(H,12,17)(H,13,18)(H,19,20). The molecule has 2 rings (SSSR count). The van der Waals surface area contributed by atoms with Gasteiger partial charge in [-0.3, -0.25) is 9.59 Å². The van der Waals surface area contributed by atoms with Crippen LogP contribution in [0.25, 0.3) is 0 Å². The summed E-state index contributed by atoms with van der Waals surface area (Å²) in [5.41, 5.74) is -0.239. The lowest BCUT2D eigenvalue weighted by molar-refractivity contribution is -0.129. The van der Waals surface area contributed by atoms with Gasteiger partial charge in [0.1, 0.15) is 12.6 Å². The molecule has 3 N–H and O–H groups in total. The predicted molar refractivity (Wildman–Crippen MR) is 65.8 cm³/mol. The van der Waals surface area contributed by atoms with E-state index >= 15 is 0 Å². The molecule has 1 unspecified atom stereocenters. The zero-order valence-electron chi connectivity index (χ0n) is 10.9. The molecule has 9 nitrogen and oxygen atoms in total. The molecule has 1 saturated carbocycles. The fourth-order valence-corrected chi connectivity index (χ4v) is 1.53. The molecule has 1 heterocycles. The summed E-state index contributed by atoms with van der Waals surface area (Å²) in [5, 5.41) is 20.9. The Bertz CT molecular complexity index is 537. The molecule has 9 heteroatoms. The summed E-state index contributed by atoms with van der Waals surface area (Å²) in [6.07, 6.45) is 3.10. The van der Waals surface area contributed by atoms with Gasteiger partial charge in [-0.2, -0.15) is 0 Å². The first-order valence-corrected chi connectivity index (χ1v) is 6.19. The molecule has 0 aromatic carbocycles. The predicted octanol–water partition coefficient (Wildman–Crippen LogP) is -1.24. The van der Waals surface area contributed by atoms with Crippen LogP contribution in [0, 0.1) is 0 Å². The first kappa shape index (κ1) is 14.0. The van der Waals surface area contributed by atoms with Gasteiger partial charge in [-0.1, -0.05) is 5.21 Å². The molecule has 2 amide bonds. The van der Waals surface area contributed by atoms with Crippen LogP contribution in [0.2, 0.25) is 0 Å². The van der Waals surface area contributed by atoms with Crippen LogP contribution in [0.3, 0.4) is 0 Å². The van der Waals surface area contributed by atoms with Crippen LogP contribution in [0.15, 0.2) is 6.20 Å². The molecular formula is C11H15N5O4. The summed E-state index contributed by atoms with van der Waals surface area (Å²) in [6.45, 7) is 1.39. The van der Waals surface area contributed by atoms with Crippen molar-refractivity contribution in [3.05, 3.63) is 11.9 Å². The molecule has 1 aliphatic carbocycles. The van der Waals surface area contributed by atoms with Crippen molar-refractivity contribution in [2.45, 2.75) is 38.4 Å². The molecule has 1 atom stereocenters. The highest BCUT2D eigenvalue weighted by molar-refractivity contribution is 5.87. The minimum Gasteiger partial charge on any atom is -0.476 e. The van der Waals surface area contributed by atoms with Gasteiger partial charge in [0.05, 0.1) is 6.20 Å². The molecule has 0 saturated heterocycles. The van der Waals surface area contributed by atoms with Crippen LogP contribution in [0.5, 0.6) is 0 Å². The van der Waals surface area contributed by atoms with Crippen molar-refractivity contribution in [2.24, 2.45) is 0 Å². The molecule has 20 heavy (non-hydrogen) atoms. The Morgan fingerprint density at radius 2 is 2.20 bits per heavy atom. The smallest absolute Gasteiger partial charge is 0.358 e. The maximum absolute atomic E-state index is 11.7. The van der Waals surface area contributed by atoms with Crippen LogP contribution in [-0.4, -0.2) is 50.0 Å². The van der Waals surface area contributed by atoms with Crippen LogP contribution in [0.4, 0.5) is 0 Å². The number of rotatable bonds is 6. The minimum absolute atomic E-state index is 0.193. The molecule has 1 fully saturated rings. The fourth-order valence-electron chi connectivity index (χ4n) is 1.53. The molecule has 1 aromatic rings. The van der Waals surface area contributed by atoms with E-state index in [0.717, 1.165) is 23.7 Å². The minimum atomic E-state index is -1.21. The van der Waals surface area contributed by atoms with Gasteiger partial charge in [0.2, 0.25) is 11.8 Å². The second-order valence-corrected chi connectivity index (χ2v) is 4.68. The molecule has 0 radical (unpaired) electrons. The number of carbonyl (C=O) groups is 3. The Kier molecular flexibility index (Phi) is 3.97. The molecular weight excluding hydrogens is 266 g/mol. The largest absolute Gasteiger partial charge is 0.476 e. The van der Waals surface area contributed by atoms with Gasteiger partial charge in [-0.25, -0.2) is 9.48 Å². The number of aromatic carboxylic acids is 1. The van der Waals surface area contributed by atoms with Crippen molar-refractivity contribution in [2.75, 3.05) is 0 Å². The topological polar surface area (TPSA) is 126 Å². The average molecular weight is 281 g/mol. The first-order valence-electron chi connectivity index (χ1n) is 6.19. The van der Waals surface area contributed by atoms with Gasteiger partial charge < -0.3 is 15.7 Å². The number of hydrogen-bond donors (Lipinski definition) is 3. The lowest BCUT2D eigenvalue weighted by Gasteiger charge is -2.13. The molecule has 108 valence electrons. The van der Waals surface area contributed by atoms with Gasteiger partial charge in [0, 0.05) is 6.04 Å². The number of amides is 2. The summed E-state index contributed by atoms with van der Waals surface area (Å²) < 4.78 is 1.10. The maximum Gasteiger partial charge on any atom is 0.358 e. The molecule has 0 bridgehead atoms. The van der Waals surface area contributed by atoms with E-state index < -0.39 is 17.9 Å². The van der Waals surface area contributed by atoms with E-state index in [2.05, 4.69) is 20.9 Å². The lowest BCUT2D eigenvalue weighted by atomic mass is 10.3. The summed E-state index contributed by atoms with van der Waals surface area (Å²) in [6, 6.07) is -0.416. The Morgan fingerprint density at radius 3 is 2.75 bits per heavy atom. The van der Waals surface area contributed by atoms with Crippen molar-refractivity contribution in [1.29, 1.82) is 0 Å². The third-order valence-corrected chi connectivity index (χ3v) is 2.76. The van der Waals surface area contributed by atoms with Crippen LogP contribution >= 0.6 is 0 Å². The lowest BCUT2D eigenvalue weighted by Crippen LogP contribution is -2.46. The highest BCUT2D eigenvalue weighted by Gasteiger charge is 2.26. The van der Waals surface area contributed by atoms with Gasteiger partial charge in [0.15, 0.2) is 5.69 Å². The van der Waals surface area contributed by atoms with Gasteiger partial charge >= 0.3 is 5.97 Å². The second kappa shape index (κ2) is 5.68. The summed E-state index contributed by atoms with van der Waals surface area (Å²) in [4.78, 5) is 33.9. The molecule has 0 spiro atoms. The molecule has 1 aromatic heterocycles. The Morgan fingerprint density at radius 1 is 1.50 bits per heavy atom. The number of carboxylic acids is 1. The Labute approximate surface area is 114 Å². The molecule has 0 aliphatic heterocycles. The average Bonchev–Trinajstić information content (AvgIpc) is 3.05. The van der Waals surface area contributed by atoms with E-state index in [1.807, 2.05) is 0 Å². The number of carbonyl (C=O) groups excluding carboxylic acids is 2. The summed E-state index contributed by atoms with van der Waals surface area (Å²) in [5.74, 6) is -1.88. The van der Waals surface area contributed by atoms with Crippen molar-refractivity contribution in [1.82, 2.24) is 25.6 Å². The van der Waals surface area contributed by atoms with Crippen molar-refractivity contribution in [3.63, 3.8) is 0 Å². The highest BCUT2D eigenvalue weighted by Crippen LogP contribution is 2.18. The van der Waals surface area contributed by atoms with Crippen molar-refractivity contribution >= 4 is 17.8 Å². The zero-order valence-corrected chi connectivity index (χ0v) is 10.9. The van der Waals surface area contributed by atoms with E-state index in [9.17, 15) is 14.4 Å². The van der Waals surface area contributed by atoms with E-state index in [-0.39, 0.29) is 24.2 Å². The normalized spacial score (nSPS) is 15.4. The van der Waals surface area contributed by atoms with Crippen molar-refractivity contribution < 1.29 is 19.5 Å². The third-order valence-electron chi connectivity index (χ3n) is 2.76. The van der Waals surface area contributed by atoms with E-state index in [1.54, 1.807) is 6.92 Å². The SMILES string of the molecule is CC(NC(=O)Cn1cc(C(=O)O)nn1)C(=O)NC1CC1. The van der Waals surface area contributed by atoms with Crippen molar-refractivity contribution in [3.8, 4) is 0 Å². The monoisotopic (exact) mass is 281 g/mol. The maximum atomic E-state index is 11.7.